The van der Waals surface area contributed by atoms with Crippen molar-refractivity contribution in [2.24, 2.45) is 0 Å². The largest absolute Gasteiger partial charge is 0.325 e. The lowest BCUT2D eigenvalue weighted by atomic mass is 10.1. The molecule has 1 rings (SSSR count). The van der Waals surface area contributed by atoms with Gasteiger partial charge < -0.3 is 5.32 Å². The van der Waals surface area contributed by atoms with Crippen LogP contribution in [0.5, 0.6) is 0 Å². The van der Waals surface area contributed by atoms with Crippen molar-refractivity contribution in [2.75, 3.05) is 5.32 Å². The first kappa shape index (κ1) is 11.1. The molecule has 1 unspecified atom stereocenters. The molecule has 0 heterocycles. The highest BCUT2D eigenvalue weighted by molar-refractivity contribution is 6.32. The van der Waals surface area contributed by atoms with Gasteiger partial charge in [0.2, 0.25) is 5.91 Å². The summed E-state index contributed by atoms with van der Waals surface area (Å²) in [6.45, 7) is 3.74. The molecule has 0 radical (unpaired) electrons. The monoisotopic (exact) mass is 211 g/mol. The molecule has 0 aromatic heterocycles. The van der Waals surface area contributed by atoms with Crippen molar-refractivity contribution < 1.29 is 4.79 Å². The molecule has 2 nitrogen and oxygen atoms in total. The van der Waals surface area contributed by atoms with E-state index in [4.69, 9.17) is 11.6 Å². The Labute approximate surface area is 89.3 Å². The van der Waals surface area contributed by atoms with Gasteiger partial charge in [-0.15, -0.1) is 11.6 Å². The zero-order chi connectivity index (χ0) is 10.6. The minimum absolute atomic E-state index is 0.170. The highest BCUT2D eigenvalue weighted by Crippen LogP contribution is 2.10. The number of anilines is 1. The fraction of sp³-hybridized carbons (Fsp3) is 0.364. The molecule has 76 valence electrons. The number of benzene rings is 1. The van der Waals surface area contributed by atoms with Crippen molar-refractivity contribution in [2.45, 2.75) is 25.6 Å². The van der Waals surface area contributed by atoms with Crippen molar-refractivity contribution in [3.63, 3.8) is 0 Å². The van der Waals surface area contributed by atoms with E-state index < -0.39 is 5.38 Å². The Morgan fingerprint density at radius 3 is 2.43 bits per heavy atom. The molecular formula is C11H14ClNO. The van der Waals surface area contributed by atoms with Crippen LogP contribution in [0.2, 0.25) is 0 Å². The van der Waals surface area contributed by atoms with Crippen molar-refractivity contribution >= 4 is 23.2 Å². The number of rotatable bonds is 3. The van der Waals surface area contributed by atoms with E-state index in [1.54, 1.807) is 6.92 Å². The summed E-state index contributed by atoms with van der Waals surface area (Å²) in [6, 6.07) is 7.76. The number of aryl methyl sites for hydroxylation is 1. The van der Waals surface area contributed by atoms with Crippen LogP contribution in [0.25, 0.3) is 0 Å². The molecular weight excluding hydrogens is 198 g/mol. The lowest BCUT2D eigenvalue weighted by Gasteiger charge is -2.06. The molecule has 14 heavy (non-hydrogen) atoms. The topological polar surface area (TPSA) is 29.1 Å². The minimum atomic E-state index is -0.499. The molecule has 1 aromatic rings. The Hall–Kier alpha value is -1.02. The van der Waals surface area contributed by atoms with E-state index in [2.05, 4.69) is 12.2 Å². The molecule has 1 N–H and O–H groups in total. The van der Waals surface area contributed by atoms with Crippen LogP contribution in [0.15, 0.2) is 24.3 Å². The van der Waals surface area contributed by atoms with E-state index in [0.717, 1.165) is 12.1 Å². The smallest absolute Gasteiger partial charge is 0.242 e. The number of hydrogen-bond donors (Lipinski definition) is 1. The highest BCUT2D eigenvalue weighted by Gasteiger charge is 2.08. The summed E-state index contributed by atoms with van der Waals surface area (Å²) >= 11 is 5.62. The molecule has 3 heteroatoms. The fourth-order valence-corrected chi connectivity index (χ4v) is 1.12. The predicted molar refractivity (Wildman–Crippen MR) is 59.8 cm³/mol. The second kappa shape index (κ2) is 5.01. The van der Waals surface area contributed by atoms with Crippen LogP contribution < -0.4 is 5.32 Å². The molecule has 0 spiro atoms. The maximum atomic E-state index is 11.2. The molecule has 0 aliphatic rings. The van der Waals surface area contributed by atoms with Gasteiger partial charge in [0.05, 0.1) is 0 Å². The average Bonchev–Trinajstić information content (AvgIpc) is 2.19. The summed E-state index contributed by atoms with van der Waals surface area (Å²) in [5, 5.41) is 2.22. The quantitative estimate of drug-likeness (QED) is 0.766. The molecule has 0 bridgehead atoms. The summed E-state index contributed by atoms with van der Waals surface area (Å²) in [4.78, 5) is 11.2. The Kier molecular flexibility index (Phi) is 3.96. The lowest BCUT2D eigenvalue weighted by Crippen LogP contribution is -2.20. The van der Waals surface area contributed by atoms with Gasteiger partial charge >= 0.3 is 0 Å². The van der Waals surface area contributed by atoms with Gasteiger partial charge in [0.15, 0.2) is 0 Å². The van der Waals surface area contributed by atoms with E-state index in [1.165, 1.54) is 5.56 Å². The van der Waals surface area contributed by atoms with Crippen LogP contribution in [-0.2, 0) is 11.2 Å². The van der Waals surface area contributed by atoms with Crippen LogP contribution in [0.1, 0.15) is 19.4 Å². The maximum absolute atomic E-state index is 11.2. The van der Waals surface area contributed by atoms with Gasteiger partial charge in [0, 0.05) is 5.69 Å². The Bertz CT molecular complexity index is 306. The van der Waals surface area contributed by atoms with Crippen molar-refractivity contribution in [1.82, 2.24) is 0 Å². The second-order valence-corrected chi connectivity index (χ2v) is 3.81. The summed E-state index contributed by atoms with van der Waals surface area (Å²) < 4.78 is 0. The van der Waals surface area contributed by atoms with E-state index >= 15 is 0 Å². The van der Waals surface area contributed by atoms with Gasteiger partial charge in [-0.1, -0.05) is 19.1 Å². The van der Waals surface area contributed by atoms with Gasteiger partial charge in [-0.2, -0.15) is 0 Å². The normalized spacial score (nSPS) is 12.2. The number of alkyl halides is 1. The maximum Gasteiger partial charge on any atom is 0.242 e. The number of halogens is 1. The van der Waals surface area contributed by atoms with Crippen molar-refractivity contribution in [3.8, 4) is 0 Å². The molecule has 0 fully saturated rings. The Morgan fingerprint density at radius 1 is 1.43 bits per heavy atom. The van der Waals surface area contributed by atoms with E-state index in [9.17, 15) is 4.79 Å². The molecule has 1 amide bonds. The molecule has 0 saturated carbocycles. The molecule has 0 aliphatic carbocycles. The van der Waals surface area contributed by atoms with Crippen LogP contribution in [0, 0.1) is 0 Å². The third kappa shape index (κ3) is 3.04. The standard InChI is InChI=1S/C11H14ClNO/c1-3-9-4-6-10(7-5-9)13-11(14)8(2)12/h4-8H,3H2,1-2H3,(H,13,14). The predicted octanol–water partition coefficient (Wildman–Crippen LogP) is 2.81. The number of carbonyl (C=O) groups is 1. The van der Waals surface area contributed by atoms with Crippen LogP contribution in [0.3, 0.4) is 0 Å². The third-order valence-electron chi connectivity index (χ3n) is 1.99. The lowest BCUT2D eigenvalue weighted by molar-refractivity contribution is -0.115. The van der Waals surface area contributed by atoms with Gasteiger partial charge in [0.25, 0.3) is 0 Å². The molecule has 0 saturated heterocycles. The number of carbonyl (C=O) groups excluding carboxylic acids is 1. The summed E-state index contributed by atoms with van der Waals surface area (Å²) in [7, 11) is 0. The zero-order valence-electron chi connectivity index (χ0n) is 8.38. The van der Waals surface area contributed by atoms with E-state index in [0.29, 0.717) is 0 Å². The number of amides is 1. The minimum Gasteiger partial charge on any atom is -0.325 e. The van der Waals surface area contributed by atoms with E-state index in [-0.39, 0.29) is 5.91 Å². The Morgan fingerprint density at radius 2 is 2.00 bits per heavy atom. The average molecular weight is 212 g/mol. The molecule has 1 aromatic carbocycles. The van der Waals surface area contributed by atoms with Crippen LogP contribution in [0.4, 0.5) is 5.69 Å². The van der Waals surface area contributed by atoms with Gasteiger partial charge in [-0.3, -0.25) is 4.79 Å². The first-order valence-corrected chi connectivity index (χ1v) is 5.11. The summed E-state index contributed by atoms with van der Waals surface area (Å²) in [5.74, 6) is -0.170. The van der Waals surface area contributed by atoms with Crippen molar-refractivity contribution in [3.05, 3.63) is 29.8 Å². The summed E-state index contributed by atoms with van der Waals surface area (Å²) in [5.41, 5.74) is 2.04. The van der Waals surface area contributed by atoms with Gasteiger partial charge in [0.1, 0.15) is 5.38 Å². The highest BCUT2D eigenvalue weighted by atomic mass is 35.5. The SMILES string of the molecule is CCc1ccc(NC(=O)C(C)Cl)cc1. The number of nitrogens with one attached hydrogen (secondary N) is 1. The summed E-state index contributed by atoms with van der Waals surface area (Å²) in [6.07, 6.45) is 1.00. The first-order chi connectivity index (χ1) is 6.63. The molecule has 1 atom stereocenters. The Balaban J connectivity index is 2.64. The third-order valence-corrected chi connectivity index (χ3v) is 2.19. The molecule has 0 aliphatic heterocycles. The fourth-order valence-electron chi connectivity index (χ4n) is 1.07. The van der Waals surface area contributed by atoms with Gasteiger partial charge in [-0.05, 0) is 31.0 Å². The van der Waals surface area contributed by atoms with Crippen LogP contribution in [-0.4, -0.2) is 11.3 Å². The number of hydrogen-bond acceptors (Lipinski definition) is 1. The van der Waals surface area contributed by atoms with Crippen LogP contribution >= 0.6 is 11.6 Å². The van der Waals surface area contributed by atoms with E-state index in [1.807, 2.05) is 24.3 Å². The second-order valence-electron chi connectivity index (χ2n) is 3.16. The zero-order valence-corrected chi connectivity index (χ0v) is 9.14. The van der Waals surface area contributed by atoms with Gasteiger partial charge in [-0.25, -0.2) is 0 Å². The first-order valence-electron chi connectivity index (χ1n) is 4.67. The van der Waals surface area contributed by atoms with Crippen molar-refractivity contribution in [1.29, 1.82) is 0 Å².